The molecule has 3 rings (SSSR count). The normalized spacial score (nSPS) is 12.0. The molecule has 1 atom stereocenters. The van der Waals surface area contributed by atoms with Gasteiger partial charge in [-0.1, -0.05) is 12.1 Å². The predicted octanol–water partition coefficient (Wildman–Crippen LogP) is 3.79. The number of nitrogens with one attached hydrogen (secondary N) is 2. The number of hydrogen-bond donors (Lipinski definition) is 2. The molecule has 7 heteroatoms. The first-order valence-corrected chi connectivity index (χ1v) is 9.28. The third-order valence-corrected chi connectivity index (χ3v) is 4.79. The van der Waals surface area contributed by atoms with Gasteiger partial charge >= 0.3 is 6.03 Å². The standard InChI is InChI=1S/C19H21FN4OS/c1-13-9-14(2)24(23-13)18(16-7-8-26-12-16)11-22-19(25)21-10-15-3-5-17(20)6-4-15/h3-9,12,18H,10-11H2,1-2H3,(H2,21,22,25). The third kappa shape index (κ3) is 4.49. The molecule has 0 aliphatic carbocycles. The molecule has 5 nitrogen and oxygen atoms in total. The molecule has 3 aromatic rings. The molecule has 1 unspecified atom stereocenters. The Balaban J connectivity index is 1.61. The summed E-state index contributed by atoms with van der Waals surface area (Å²) < 4.78 is 14.9. The fourth-order valence-electron chi connectivity index (χ4n) is 2.81. The summed E-state index contributed by atoms with van der Waals surface area (Å²) in [6.07, 6.45) is 0. The van der Waals surface area contributed by atoms with Gasteiger partial charge in [-0.25, -0.2) is 9.18 Å². The second-order valence-corrected chi connectivity index (χ2v) is 6.91. The molecule has 136 valence electrons. The average molecular weight is 372 g/mol. The van der Waals surface area contributed by atoms with E-state index in [-0.39, 0.29) is 17.9 Å². The molecule has 0 saturated carbocycles. The van der Waals surface area contributed by atoms with E-state index in [1.807, 2.05) is 36.0 Å². The van der Waals surface area contributed by atoms with Crippen LogP contribution in [0.1, 0.15) is 28.6 Å². The minimum atomic E-state index is -0.290. The Hall–Kier alpha value is -2.67. The lowest BCUT2D eigenvalue weighted by Gasteiger charge is -2.19. The first-order chi connectivity index (χ1) is 12.5. The van der Waals surface area contributed by atoms with Crippen LogP contribution in [0.2, 0.25) is 0 Å². The molecule has 0 saturated heterocycles. The number of aryl methyl sites for hydroxylation is 2. The van der Waals surface area contributed by atoms with Crippen molar-refractivity contribution in [2.75, 3.05) is 6.54 Å². The van der Waals surface area contributed by atoms with Crippen molar-refractivity contribution in [2.24, 2.45) is 0 Å². The van der Waals surface area contributed by atoms with Crippen molar-refractivity contribution in [3.05, 3.63) is 75.5 Å². The van der Waals surface area contributed by atoms with Gasteiger partial charge in [0.2, 0.25) is 0 Å². The van der Waals surface area contributed by atoms with E-state index in [0.29, 0.717) is 13.1 Å². The zero-order valence-corrected chi connectivity index (χ0v) is 15.5. The van der Waals surface area contributed by atoms with Gasteiger partial charge in [-0.3, -0.25) is 4.68 Å². The monoisotopic (exact) mass is 372 g/mol. The van der Waals surface area contributed by atoms with Gasteiger partial charge in [0, 0.05) is 18.8 Å². The summed E-state index contributed by atoms with van der Waals surface area (Å²) >= 11 is 1.62. The highest BCUT2D eigenvalue weighted by Crippen LogP contribution is 2.22. The molecular weight excluding hydrogens is 351 g/mol. The molecule has 2 N–H and O–H groups in total. The Morgan fingerprint density at radius 2 is 2.00 bits per heavy atom. The van der Waals surface area contributed by atoms with Crippen LogP contribution in [-0.2, 0) is 6.54 Å². The minimum Gasteiger partial charge on any atom is -0.336 e. The Kier molecular flexibility index (Phi) is 5.68. The minimum absolute atomic E-state index is 0.0634. The number of aromatic nitrogens is 2. The van der Waals surface area contributed by atoms with Gasteiger partial charge in [0.1, 0.15) is 5.82 Å². The number of thiophene rings is 1. The van der Waals surface area contributed by atoms with E-state index < -0.39 is 0 Å². The van der Waals surface area contributed by atoms with Crippen molar-refractivity contribution < 1.29 is 9.18 Å². The first-order valence-electron chi connectivity index (χ1n) is 8.34. The lowest BCUT2D eigenvalue weighted by atomic mass is 10.1. The van der Waals surface area contributed by atoms with Crippen molar-refractivity contribution in [3.8, 4) is 0 Å². The van der Waals surface area contributed by atoms with Crippen LogP contribution in [0.4, 0.5) is 9.18 Å². The molecule has 2 aromatic heterocycles. The van der Waals surface area contributed by atoms with Crippen LogP contribution in [-0.4, -0.2) is 22.4 Å². The maximum Gasteiger partial charge on any atom is 0.315 e. The summed E-state index contributed by atoms with van der Waals surface area (Å²) in [7, 11) is 0. The number of rotatable bonds is 6. The number of nitrogens with zero attached hydrogens (tertiary/aromatic N) is 2. The average Bonchev–Trinajstić information content (AvgIpc) is 3.25. The highest BCUT2D eigenvalue weighted by molar-refractivity contribution is 7.07. The van der Waals surface area contributed by atoms with Crippen molar-refractivity contribution in [1.82, 2.24) is 20.4 Å². The summed E-state index contributed by atoms with van der Waals surface area (Å²) in [4.78, 5) is 12.2. The van der Waals surface area contributed by atoms with Crippen LogP contribution in [0.3, 0.4) is 0 Å². The van der Waals surface area contributed by atoms with Gasteiger partial charge in [-0.05, 0) is 60.0 Å². The van der Waals surface area contributed by atoms with Crippen LogP contribution in [0.15, 0.2) is 47.2 Å². The van der Waals surface area contributed by atoms with E-state index in [1.54, 1.807) is 23.5 Å². The van der Waals surface area contributed by atoms with E-state index in [1.165, 1.54) is 12.1 Å². The van der Waals surface area contributed by atoms with Crippen molar-refractivity contribution in [1.29, 1.82) is 0 Å². The Morgan fingerprint density at radius 3 is 2.62 bits per heavy atom. The molecule has 0 radical (unpaired) electrons. The van der Waals surface area contributed by atoms with Crippen molar-refractivity contribution >= 4 is 17.4 Å². The summed E-state index contributed by atoms with van der Waals surface area (Å²) in [5, 5.41) is 14.3. The van der Waals surface area contributed by atoms with Gasteiger partial charge in [0.25, 0.3) is 0 Å². The van der Waals surface area contributed by atoms with E-state index in [9.17, 15) is 9.18 Å². The van der Waals surface area contributed by atoms with Crippen LogP contribution in [0.25, 0.3) is 0 Å². The van der Waals surface area contributed by atoms with Crippen LogP contribution in [0, 0.1) is 19.7 Å². The SMILES string of the molecule is Cc1cc(C)n(C(CNC(=O)NCc2ccc(F)cc2)c2ccsc2)n1. The number of hydrogen-bond acceptors (Lipinski definition) is 3. The molecule has 1 aromatic carbocycles. The van der Waals surface area contributed by atoms with Gasteiger partial charge in [-0.2, -0.15) is 16.4 Å². The molecule has 2 amide bonds. The lowest BCUT2D eigenvalue weighted by Crippen LogP contribution is -2.39. The molecule has 2 heterocycles. The van der Waals surface area contributed by atoms with Gasteiger partial charge in [0.05, 0.1) is 11.7 Å². The Labute approximate surface area is 155 Å². The van der Waals surface area contributed by atoms with Gasteiger partial charge < -0.3 is 10.6 Å². The lowest BCUT2D eigenvalue weighted by molar-refractivity contribution is 0.239. The number of halogens is 1. The zero-order chi connectivity index (χ0) is 18.5. The molecule has 0 fully saturated rings. The van der Waals surface area contributed by atoms with Crippen LogP contribution in [0.5, 0.6) is 0 Å². The van der Waals surface area contributed by atoms with Crippen molar-refractivity contribution in [2.45, 2.75) is 26.4 Å². The van der Waals surface area contributed by atoms with E-state index in [4.69, 9.17) is 0 Å². The second kappa shape index (κ2) is 8.14. The van der Waals surface area contributed by atoms with Crippen molar-refractivity contribution in [3.63, 3.8) is 0 Å². The first kappa shape index (κ1) is 18.1. The fraction of sp³-hybridized carbons (Fsp3) is 0.263. The highest BCUT2D eigenvalue weighted by atomic mass is 32.1. The second-order valence-electron chi connectivity index (χ2n) is 6.13. The zero-order valence-electron chi connectivity index (χ0n) is 14.7. The third-order valence-electron chi connectivity index (χ3n) is 4.09. The van der Waals surface area contributed by atoms with Crippen LogP contribution >= 0.6 is 11.3 Å². The molecule has 0 spiro atoms. The Bertz CT molecular complexity index is 858. The quantitative estimate of drug-likeness (QED) is 0.692. The summed E-state index contributed by atoms with van der Waals surface area (Å²) in [5.41, 5.74) is 3.95. The van der Waals surface area contributed by atoms with E-state index in [0.717, 1.165) is 22.5 Å². The highest BCUT2D eigenvalue weighted by Gasteiger charge is 2.18. The van der Waals surface area contributed by atoms with E-state index >= 15 is 0 Å². The van der Waals surface area contributed by atoms with E-state index in [2.05, 4.69) is 21.1 Å². The molecule has 26 heavy (non-hydrogen) atoms. The topological polar surface area (TPSA) is 59.0 Å². The number of carbonyl (C=O) groups is 1. The number of carbonyl (C=O) groups excluding carboxylic acids is 1. The smallest absolute Gasteiger partial charge is 0.315 e. The summed E-state index contributed by atoms with van der Waals surface area (Å²) in [6, 6.07) is 9.80. The predicted molar refractivity (Wildman–Crippen MR) is 101 cm³/mol. The summed E-state index contributed by atoms with van der Waals surface area (Å²) in [6.45, 7) is 4.73. The molecule has 0 bridgehead atoms. The molecule has 0 aliphatic heterocycles. The van der Waals surface area contributed by atoms with Gasteiger partial charge in [0.15, 0.2) is 0 Å². The maximum atomic E-state index is 12.9. The largest absolute Gasteiger partial charge is 0.336 e. The van der Waals surface area contributed by atoms with Gasteiger partial charge in [-0.15, -0.1) is 0 Å². The van der Waals surface area contributed by atoms with Crippen LogP contribution < -0.4 is 10.6 Å². The molecular formula is C19H21FN4OS. The maximum absolute atomic E-state index is 12.9. The molecule has 0 aliphatic rings. The fourth-order valence-corrected chi connectivity index (χ4v) is 3.52. The Morgan fingerprint density at radius 1 is 1.23 bits per heavy atom. The number of urea groups is 1. The number of benzene rings is 1. The summed E-state index contributed by atoms with van der Waals surface area (Å²) in [5.74, 6) is -0.290. The number of amides is 2.